The highest BCUT2D eigenvalue weighted by molar-refractivity contribution is 6.36. The standard InChI is InChI=1S/C57H81ClN12O9/c1-6-51(72)70-27-26-65(32-44(70)19-21-59)56-46-20-25-64(49-18-12-15-43-14-11-17-47(58)55(43)49)33-48(46)61-57(62-56)79-38-45-16-13-24-63(45)23-10-8-7-9-22-60-50(71)34-66-28-40(3)68(36-53(75)76)30-42(5)69(37-54(77)78)31-41(4)67(29-39(66)2)35-52(73)74/h6,11-12,14-15,17-18,39-42,44-45H,1,7-10,13,16,19-20,22-38H2,2-5H3,(H,60,71)(H,73,74)(H,75,76)(H,77,78)/t39-,40-,41-,42-,44-,45-/m0/s1. The minimum Gasteiger partial charge on any atom is -0.480 e. The number of piperazine rings is 1. The van der Waals surface area contributed by atoms with Crippen LogP contribution in [0.15, 0.2) is 49.1 Å². The van der Waals surface area contributed by atoms with Crippen LogP contribution >= 0.6 is 11.6 Å². The number of rotatable bonds is 22. The quantitative estimate of drug-likeness (QED) is 0.0799. The van der Waals surface area contributed by atoms with Crippen molar-refractivity contribution in [3.8, 4) is 12.1 Å². The van der Waals surface area contributed by atoms with E-state index >= 15 is 0 Å². The molecule has 4 N–H and O–H groups in total. The maximum Gasteiger partial charge on any atom is 0.318 e. The highest BCUT2D eigenvalue weighted by atomic mass is 35.5. The predicted molar refractivity (Wildman–Crippen MR) is 303 cm³/mol. The van der Waals surface area contributed by atoms with Crippen molar-refractivity contribution in [1.29, 1.82) is 5.26 Å². The first-order valence-corrected chi connectivity index (χ1v) is 28.4. The molecule has 3 saturated heterocycles. The number of nitriles is 1. The van der Waals surface area contributed by atoms with Crippen molar-refractivity contribution in [1.82, 2.24) is 44.7 Å². The van der Waals surface area contributed by atoms with Crippen molar-refractivity contribution >= 4 is 63.6 Å². The lowest BCUT2D eigenvalue weighted by molar-refractivity contribution is -0.142. The molecule has 0 unspecified atom stereocenters. The van der Waals surface area contributed by atoms with Gasteiger partial charge in [0.15, 0.2) is 0 Å². The molecule has 2 aromatic carbocycles. The van der Waals surface area contributed by atoms with Crippen LogP contribution in [-0.2, 0) is 36.9 Å². The van der Waals surface area contributed by atoms with E-state index in [9.17, 15) is 44.6 Å². The number of aliphatic carboxylic acids is 3. The third-order valence-electron chi connectivity index (χ3n) is 16.2. The Morgan fingerprint density at radius 2 is 1.35 bits per heavy atom. The fourth-order valence-electron chi connectivity index (χ4n) is 11.9. The van der Waals surface area contributed by atoms with Gasteiger partial charge in [-0.15, -0.1) is 0 Å². The number of fused-ring (bicyclic) bond motifs is 2. The number of carbonyl (C=O) groups is 5. The van der Waals surface area contributed by atoms with Gasteiger partial charge < -0.3 is 40.1 Å². The summed E-state index contributed by atoms with van der Waals surface area (Å²) >= 11 is 6.81. The molecule has 7 rings (SSSR count). The van der Waals surface area contributed by atoms with Gasteiger partial charge in [0, 0.05) is 106 Å². The molecule has 0 bridgehead atoms. The Hall–Kier alpha value is -6.15. The molecule has 430 valence electrons. The average molecular weight is 1110 g/mol. The number of ether oxygens (including phenoxy) is 1. The molecule has 2 amide bonds. The summed E-state index contributed by atoms with van der Waals surface area (Å²) in [5.74, 6) is -2.60. The van der Waals surface area contributed by atoms with E-state index in [1.54, 1.807) is 9.80 Å². The van der Waals surface area contributed by atoms with E-state index in [-0.39, 0.29) is 93.8 Å². The molecule has 22 heteroatoms. The molecule has 4 aliphatic rings. The van der Waals surface area contributed by atoms with Crippen LogP contribution in [0.1, 0.15) is 83.9 Å². The van der Waals surface area contributed by atoms with Crippen molar-refractivity contribution in [2.45, 2.75) is 122 Å². The van der Waals surface area contributed by atoms with E-state index in [1.807, 2.05) is 54.5 Å². The molecule has 6 atom stereocenters. The SMILES string of the molecule is C=CC(=O)N1CCN(c2nc(OC[C@@H]3CCCN3CCCCCCNC(=O)CN3C[C@H](C)N(CC(=O)O)C[C@H](C)N(CC(=O)O)C[C@H](C)N(CC(=O)O)C[C@@H]3C)nc3c2CCN(c2cccc4cccc(Cl)c24)C3)C[C@@H]1CC#N. The average Bonchev–Trinajstić information content (AvgIpc) is 3.92. The number of unbranched alkanes of at least 4 members (excludes halogenated alkanes) is 3. The van der Waals surface area contributed by atoms with Crippen LogP contribution in [0.25, 0.3) is 10.8 Å². The van der Waals surface area contributed by atoms with Gasteiger partial charge >= 0.3 is 23.9 Å². The second kappa shape index (κ2) is 28.8. The van der Waals surface area contributed by atoms with Crippen LogP contribution in [0, 0.1) is 11.3 Å². The van der Waals surface area contributed by atoms with Gasteiger partial charge in [-0.25, -0.2) is 0 Å². The zero-order chi connectivity index (χ0) is 56.8. The van der Waals surface area contributed by atoms with E-state index in [4.69, 9.17) is 26.3 Å². The van der Waals surface area contributed by atoms with Crippen molar-refractivity contribution in [2.24, 2.45) is 0 Å². The molecule has 0 saturated carbocycles. The highest BCUT2D eigenvalue weighted by Gasteiger charge is 2.36. The number of halogens is 1. The summed E-state index contributed by atoms with van der Waals surface area (Å²) in [5.41, 5.74) is 2.96. The molecule has 79 heavy (non-hydrogen) atoms. The van der Waals surface area contributed by atoms with Crippen LogP contribution in [0.2, 0.25) is 5.02 Å². The Morgan fingerprint density at radius 3 is 1.96 bits per heavy atom. The fraction of sp³-hybridized carbons (Fsp3) is 0.614. The van der Waals surface area contributed by atoms with E-state index in [0.717, 1.165) is 91.7 Å². The first-order chi connectivity index (χ1) is 37.9. The summed E-state index contributed by atoms with van der Waals surface area (Å²) in [6.45, 7) is 17.2. The first kappa shape index (κ1) is 60.5. The van der Waals surface area contributed by atoms with Gasteiger partial charge in [-0.05, 0) is 96.5 Å². The normalized spacial score (nSPS) is 23.3. The molecule has 1 aromatic heterocycles. The number of carboxylic acids is 3. The van der Waals surface area contributed by atoms with Crippen LogP contribution in [0.5, 0.6) is 6.01 Å². The second-order valence-electron chi connectivity index (χ2n) is 21.9. The van der Waals surface area contributed by atoms with E-state index < -0.39 is 17.9 Å². The van der Waals surface area contributed by atoms with E-state index in [2.05, 4.69) is 56.9 Å². The molecular formula is C57H81ClN12O9. The van der Waals surface area contributed by atoms with Gasteiger partial charge in [0.1, 0.15) is 12.4 Å². The smallest absolute Gasteiger partial charge is 0.318 e. The molecule has 4 aliphatic heterocycles. The van der Waals surface area contributed by atoms with Crippen LogP contribution < -0.4 is 19.9 Å². The van der Waals surface area contributed by atoms with Gasteiger partial charge in [0.25, 0.3) is 0 Å². The van der Waals surface area contributed by atoms with Gasteiger partial charge in [-0.1, -0.05) is 55.3 Å². The zero-order valence-corrected chi connectivity index (χ0v) is 47.2. The van der Waals surface area contributed by atoms with Crippen molar-refractivity contribution in [3.63, 3.8) is 0 Å². The minimum absolute atomic E-state index is 0.0512. The summed E-state index contributed by atoms with van der Waals surface area (Å²) in [6, 6.07) is 13.3. The number of amides is 2. The van der Waals surface area contributed by atoms with Crippen molar-refractivity contribution in [2.75, 3.05) is 115 Å². The Balaban J connectivity index is 0.935. The summed E-state index contributed by atoms with van der Waals surface area (Å²) in [5, 5.41) is 45.0. The maximum atomic E-state index is 13.6. The minimum atomic E-state index is -1.02. The van der Waals surface area contributed by atoms with Crippen LogP contribution in [-0.4, -0.2) is 225 Å². The number of aromatic nitrogens is 2. The first-order valence-electron chi connectivity index (χ1n) is 28.0. The Labute approximate surface area is 469 Å². The lowest BCUT2D eigenvalue weighted by Crippen LogP contribution is -2.58. The third kappa shape index (κ3) is 16.5. The molecule has 5 heterocycles. The largest absolute Gasteiger partial charge is 0.480 e. The molecule has 3 aromatic rings. The topological polar surface area (TPSA) is 243 Å². The number of likely N-dealkylation sites (tertiary alicyclic amines) is 1. The molecular weight excluding hydrogens is 1030 g/mol. The number of carbonyl (C=O) groups excluding carboxylic acids is 2. The number of nitrogens with one attached hydrogen (secondary N) is 1. The number of hydrogen-bond acceptors (Lipinski definition) is 16. The molecule has 3 fully saturated rings. The number of nitrogens with zero attached hydrogens (tertiary/aromatic N) is 11. The van der Waals surface area contributed by atoms with Crippen LogP contribution in [0.4, 0.5) is 11.5 Å². The van der Waals surface area contributed by atoms with Gasteiger partial charge in [-0.2, -0.15) is 15.2 Å². The number of hydrogen-bond donors (Lipinski definition) is 4. The number of carboxylic acid groups (broad SMARTS) is 3. The summed E-state index contributed by atoms with van der Waals surface area (Å²) in [4.78, 5) is 88.6. The fourth-order valence-corrected chi connectivity index (χ4v) is 12.2. The Bertz CT molecular complexity index is 2640. The van der Waals surface area contributed by atoms with Gasteiger partial charge in [-0.3, -0.25) is 48.5 Å². The molecule has 0 radical (unpaired) electrons. The molecule has 0 spiro atoms. The van der Waals surface area contributed by atoms with Crippen molar-refractivity contribution < 1.29 is 44.0 Å². The Morgan fingerprint density at radius 1 is 0.747 bits per heavy atom. The van der Waals surface area contributed by atoms with E-state index in [0.29, 0.717) is 69.9 Å². The summed E-state index contributed by atoms with van der Waals surface area (Å²) in [7, 11) is 0. The maximum absolute atomic E-state index is 13.6. The number of benzene rings is 2. The summed E-state index contributed by atoms with van der Waals surface area (Å²) < 4.78 is 6.57. The summed E-state index contributed by atoms with van der Waals surface area (Å²) in [6.07, 6.45) is 7.91. The Kier molecular flexibility index (Phi) is 22.1. The molecule has 0 aliphatic carbocycles. The number of anilines is 2. The van der Waals surface area contributed by atoms with Gasteiger partial charge in [0.05, 0.1) is 62.0 Å². The third-order valence-corrected chi connectivity index (χ3v) is 16.5. The highest BCUT2D eigenvalue weighted by Crippen LogP contribution is 2.37. The zero-order valence-electron chi connectivity index (χ0n) is 46.5. The second-order valence-corrected chi connectivity index (χ2v) is 22.3. The van der Waals surface area contributed by atoms with Crippen molar-refractivity contribution in [3.05, 3.63) is 65.3 Å². The monoisotopic (exact) mass is 1110 g/mol. The predicted octanol–water partition coefficient (Wildman–Crippen LogP) is 4.51. The lowest BCUT2D eigenvalue weighted by atomic mass is 10.0. The van der Waals surface area contributed by atoms with Gasteiger partial charge in [0.2, 0.25) is 11.8 Å². The lowest BCUT2D eigenvalue weighted by Gasteiger charge is -2.43. The molecule has 21 nitrogen and oxygen atoms in total. The van der Waals surface area contributed by atoms with Crippen LogP contribution in [0.3, 0.4) is 0 Å². The van der Waals surface area contributed by atoms with E-state index in [1.165, 1.54) is 6.08 Å².